The number of hydrogen-bond donors (Lipinski definition) is 0. The Bertz CT molecular complexity index is 702. The third-order valence-corrected chi connectivity index (χ3v) is 4.96. The quantitative estimate of drug-likeness (QED) is 0.783. The zero-order valence-corrected chi connectivity index (χ0v) is 14.3. The van der Waals surface area contributed by atoms with Crippen LogP contribution in [0.2, 0.25) is 0 Å². The third kappa shape index (κ3) is 3.18. The van der Waals surface area contributed by atoms with Gasteiger partial charge >= 0.3 is 0 Å². The fourth-order valence-corrected chi connectivity index (χ4v) is 3.45. The minimum atomic E-state index is -0.0871. The van der Waals surface area contributed by atoms with E-state index in [-0.39, 0.29) is 6.10 Å². The molecule has 2 aliphatic rings. The van der Waals surface area contributed by atoms with Crippen LogP contribution in [0.1, 0.15) is 56.1 Å². The van der Waals surface area contributed by atoms with Gasteiger partial charge in [0.1, 0.15) is 11.9 Å². The monoisotopic (exact) mass is 328 g/mol. The van der Waals surface area contributed by atoms with Crippen molar-refractivity contribution in [1.29, 1.82) is 0 Å². The van der Waals surface area contributed by atoms with Crippen LogP contribution in [-0.2, 0) is 4.74 Å². The lowest BCUT2D eigenvalue weighted by atomic mass is 10.1. The average molecular weight is 328 g/mol. The van der Waals surface area contributed by atoms with Gasteiger partial charge in [0.25, 0.3) is 5.89 Å². The van der Waals surface area contributed by atoms with E-state index in [1.807, 2.05) is 6.07 Å². The predicted molar refractivity (Wildman–Crippen MR) is 89.8 cm³/mol. The third-order valence-electron chi connectivity index (χ3n) is 4.96. The van der Waals surface area contributed by atoms with Gasteiger partial charge in [-0.2, -0.15) is 4.98 Å². The summed E-state index contributed by atoms with van der Waals surface area (Å²) in [6.07, 6.45) is 7.28. The highest BCUT2D eigenvalue weighted by molar-refractivity contribution is 5.64. The summed E-state index contributed by atoms with van der Waals surface area (Å²) < 4.78 is 17.3. The van der Waals surface area contributed by atoms with E-state index in [9.17, 15) is 0 Å². The Morgan fingerprint density at radius 3 is 2.67 bits per heavy atom. The highest BCUT2D eigenvalue weighted by atomic mass is 16.5. The molecule has 5 nitrogen and oxygen atoms in total. The van der Waals surface area contributed by atoms with Gasteiger partial charge in [0, 0.05) is 7.11 Å². The molecule has 0 radical (unpaired) electrons. The van der Waals surface area contributed by atoms with Crippen LogP contribution >= 0.6 is 0 Å². The number of benzene rings is 1. The number of ether oxygens (including phenoxy) is 2. The van der Waals surface area contributed by atoms with Crippen LogP contribution in [0.5, 0.6) is 5.75 Å². The Hall–Kier alpha value is -1.88. The molecule has 2 aliphatic carbocycles. The maximum Gasteiger partial charge on any atom is 0.256 e. The molecular formula is C19H24N2O3. The van der Waals surface area contributed by atoms with Crippen molar-refractivity contribution in [2.45, 2.75) is 57.7 Å². The first-order valence-corrected chi connectivity index (χ1v) is 8.88. The second kappa shape index (κ2) is 6.55. The molecule has 0 saturated heterocycles. The molecule has 5 heteroatoms. The molecule has 0 bridgehead atoms. The zero-order valence-electron chi connectivity index (χ0n) is 14.3. The number of methoxy groups -OCH3 is 1. The lowest BCUT2D eigenvalue weighted by Crippen LogP contribution is -2.11. The van der Waals surface area contributed by atoms with Gasteiger partial charge in [-0.05, 0) is 69.1 Å². The molecule has 4 rings (SSSR count). The number of nitrogens with zero attached hydrogens (tertiary/aromatic N) is 2. The highest BCUT2D eigenvalue weighted by Crippen LogP contribution is 2.43. The second-order valence-corrected chi connectivity index (χ2v) is 6.97. The molecule has 2 aromatic rings. The fourth-order valence-electron chi connectivity index (χ4n) is 3.45. The van der Waals surface area contributed by atoms with Crippen molar-refractivity contribution in [3.05, 3.63) is 29.7 Å². The van der Waals surface area contributed by atoms with Crippen LogP contribution < -0.4 is 4.74 Å². The summed E-state index contributed by atoms with van der Waals surface area (Å²) in [4.78, 5) is 4.60. The van der Waals surface area contributed by atoms with E-state index in [1.165, 1.54) is 18.4 Å². The number of aromatic nitrogens is 2. The van der Waals surface area contributed by atoms with E-state index in [0.29, 0.717) is 23.7 Å². The van der Waals surface area contributed by atoms with E-state index >= 15 is 0 Å². The van der Waals surface area contributed by atoms with Crippen molar-refractivity contribution < 1.29 is 14.0 Å². The first-order valence-electron chi connectivity index (χ1n) is 8.88. The first kappa shape index (κ1) is 15.6. The molecule has 128 valence electrons. The van der Waals surface area contributed by atoms with Crippen LogP contribution in [-0.4, -0.2) is 23.4 Å². The molecule has 24 heavy (non-hydrogen) atoms. The van der Waals surface area contributed by atoms with Gasteiger partial charge in [-0.15, -0.1) is 0 Å². The van der Waals surface area contributed by atoms with Crippen molar-refractivity contribution in [2.75, 3.05) is 7.11 Å². The van der Waals surface area contributed by atoms with Crippen molar-refractivity contribution in [3.63, 3.8) is 0 Å². The summed E-state index contributed by atoms with van der Waals surface area (Å²) >= 11 is 0. The van der Waals surface area contributed by atoms with Crippen LogP contribution in [0.15, 0.2) is 22.7 Å². The number of hydrogen-bond acceptors (Lipinski definition) is 5. The minimum absolute atomic E-state index is 0.0871. The van der Waals surface area contributed by atoms with E-state index in [0.717, 1.165) is 37.0 Å². The highest BCUT2D eigenvalue weighted by Gasteiger charge is 2.36. The molecule has 0 aliphatic heterocycles. The van der Waals surface area contributed by atoms with Gasteiger partial charge in [-0.3, -0.25) is 0 Å². The number of aryl methyl sites for hydroxylation is 1. The smallest absolute Gasteiger partial charge is 0.256 e. The predicted octanol–water partition coefficient (Wildman–Crippen LogP) is 4.46. The minimum Gasteiger partial charge on any atom is -0.490 e. The zero-order chi connectivity index (χ0) is 16.5. The van der Waals surface area contributed by atoms with Crippen molar-refractivity contribution in [3.8, 4) is 17.1 Å². The maximum absolute atomic E-state index is 6.24. The van der Waals surface area contributed by atoms with Crippen molar-refractivity contribution in [2.24, 2.45) is 5.92 Å². The summed E-state index contributed by atoms with van der Waals surface area (Å²) in [5.41, 5.74) is 2.07. The average Bonchev–Trinajstić information content (AvgIpc) is 3.07. The maximum atomic E-state index is 6.24. The Labute approximate surface area is 142 Å². The standard InChI is InChI=1S/C19H24N2O3/c1-12-7-10-15(16(11-12)23-14-5-3-4-6-14)18-20-19(24-21-18)17(22-2)13-8-9-13/h7,10-11,13-14,17H,3-6,8-9H2,1-2H3. The van der Waals surface area contributed by atoms with Crippen molar-refractivity contribution >= 4 is 0 Å². The Kier molecular flexibility index (Phi) is 4.27. The summed E-state index contributed by atoms with van der Waals surface area (Å²) in [5, 5.41) is 4.18. The van der Waals surface area contributed by atoms with Gasteiger partial charge in [-0.1, -0.05) is 11.2 Å². The Morgan fingerprint density at radius 1 is 1.17 bits per heavy atom. The van der Waals surface area contributed by atoms with Gasteiger partial charge < -0.3 is 14.0 Å². The van der Waals surface area contributed by atoms with E-state index in [1.54, 1.807) is 7.11 Å². The summed E-state index contributed by atoms with van der Waals surface area (Å²) in [6.45, 7) is 2.07. The summed E-state index contributed by atoms with van der Waals surface area (Å²) in [6, 6.07) is 6.15. The summed E-state index contributed by atoms with van der Waals surface area (Å²) in [5.74, 6) is 2.52. The molecule has 1 aromatic heterocycles. The van der Waals surface area contributed by atoms with Crippen LogP contribution in [0.4, 0.5) is 0 Å². The molecule has 1 unspecified atom stereocenters. The fraction of sp³-hybridized carbons (Fsp3) is 0.579. The van der Waals surface area contributed by atoms with E-state index in [4.69, 9.17) is 14.0 Å². The topological polar surface area (TPSA) is 57.4 Å². The Morgan fingerprint density at radius 2 is 1.96 bits per heavy atom. The molecule has 1 atom stereocenters. The second-order valence-electron chi connectivity index (χ2n) is 6.97. The lowest BCUT2D eigenvalue weighted by Gasteiger charge is -2.15. The van der Waals surface area contributed by atoms with E-state index < -0.39 is 0 Å². The van der Waals surface area contributed by atoms with Gasteiger partial charge in [0.05, 0.1) is 11.7 Å². The molecule has 2 fully saturated rings. The van der Waals surface area contributed by atoms with Gasteiger partial charge in [0.15, 0.2) is 0 Å². The molecule has 0 amide bonds. The first-order chi connectivity index (χ1) is 11.7. The molecular weight excluding hydrogens is 304 g/mol. The van der Waals surface area contributed by atoms with Crippen LogP contribution in [0.25, 0.3) is 11.4 Å². The normalized spacial score (nSPS) is 19.6. The molecule has 2 saturated carbocycles. The molecule has 1 heterocycles. The van der Waals surface area contributed by atoms with Gasteiger partial charge in [0.2, 0.25) is 5.82 Å². The SMILES string of the molecule is COC(c1nc(-c2ccc(C)cc2OC2CCCC2)no1)C1CC1. The number of rotatable bonds is 6. The van der Waals surface area contributed by atoms with Crippen molar-refractivity contribution in [1.82, 2.24) is 10.1 Å². The largest absolute Gasteiger partial charge is 0.490 e. The van der Waals surface area contributed by atoms with Gasteiger partial charge in [-0.25, -0.2) is 0 Å². The van der Waals surface area contributed by atoms with Crippen LogP contribution in [0, 0.1) is 12.8 Å². The molecule has 1 aromatic carbocycles. The molecule has 0 N–H and O–H groups in total. The van der Waals surface area contributed by atoms with Crippen LogP contribution in [0.3, 0.4) is 0 Å². The summed E-state index contributed by atoms with van der Waals surface area (Å²) in [7, 11) is 1.70. The lowest BCUT2D eigenvalue weighted by molar-refractivity contribution is 0.0561. The Balaban J connectivity index is 1.62. The van der Waals surface area contributed by atoms with E-state index in [2.05, 4.69) is 29.2 Å². The molecule has 0 spiro atoms.